The van der Waals surface area contributed by atoms with Crippen molar-refractivity contribution in [3.8, 4) is 0 Å². The number of methoxy groups -OCH3 is 2. The number of aryl methyl sites for hydroxylation is 1. The van der Waals surface area contributed by atoms with Gasteiger partial charge in [0.25, 0.3) is 0 Å². The van der Waals surface area contributed by atoms with E-state index >= 15 is 0 Å². The second kappa shape index (κ2) is 5.65. The monoisotopic (exact) mass is 236 g/mol. The standard InChI is InChI=1S/C15H24O2/c1-11-7-12(9-16-5)14(15(2,3)4)13(8-11)10-17-6/h7-8H,9-10H2,1-6H3. The first kappa shape index (κ1) is 14.2. The SMILES string of the molecule is COCc1cc(C)cc(COC)c1C(C)(C)C. The Kier molecular flexibility index (Phi) is 4.72. The second-order valence-electron chi connectivity index (χ2n) is 5.57. The van der Waals surface area contributed by atoms with Crippen LogP contribution in [-0.4, -0.2) is 14.2 Å². The molecule has 1 rings (SSSR count). The molecule has 1 aromatic rings. The van der Waals surface area contributed by atoms with Crippen molar-refractivity contribution in [3.05, 3.63) is 34.4 Å². The first-order valence-corrected chi connectivity index (χ1v) is 6.01. The van der Waals surface area contributed by atoms with Crippen molar-refractivity contribution >= 4 is 0 Å². The molecule has 0 aromatic heterocycles. The Morgan fingerprint density at radius 1 is 0.941 bits per heavy atom. The van der Waals surface area contributed by atoms with Crippen LogP contribution < -0.4 is 0 Å². The van der Waals surface area contributed by atoms with Crippen molar-refractivity contribution < 1.29 is 9.47 Å². The van der Waals surface area contributed by atoms with Gasteiger partial charge in [0, 0.05) is 14.2 Å². The Hall–Kier alpha value is -0.860. The van der Waals surface area contributed by atoms with Gasteiger partial charge in [0.15, 0.2) is 0 Å². The Balaban J connectivity index is 3.36. The summed E-state index contributed by atoms with van der Waals surface area (Å²) in [5.74, 6) is 0. The van der Waals surface area contributed by atoms with Gasteiger partial charge in [-0.05, 0) is 29.0 Å². The molecule has 0 aliphatic carbocycles. The van der Waals surface area contributed by atoms with Crippen molar-refractivity contribution in [2.75, 3.05) is 14.2 Å². The largest absolute Gasteiger partial charge is 0.380 e. The Morgan fingerprint density at radius 3 is 1.65 bits per heavy atom. The van der Waals surface area contributed by atoms with Gasteiger partial charge in [0.05, 0.1) is 13.2 Å². The summed E-state index contributed by atoms with van der Waals surface area (Å²) in [7, 11) is 3.48. The zero-order valence-electron chi connectivity index (χ0n) is 11.9. The van der Waals surface area contributed by atoms with Crippen LogP contribution in [0.25, 0.3) is 0 Å². The second-order valence-corrected chi connectivity index (χ2v) is 5.57. The van der Waals surface area contributed by atoms with Crippen LogP contribution in [-0.2, 0) is 28.1 Å². The first-order chi connectivity index (χ1) is 7.90. The van der Waals surface area contributed by atoms with Crippen LogP contribution in [0.3, 0.4) is 0 Å². The number of hydrogen-bond donors (Lipinski definition) is 0. The summed E-state index contributed by atoms with van der Waals surface area (Å²) in [5, 5.41) is 0. The third kappa shape index (κ3) is 3.55. The molecule has 0 spiro atoms. The van der Waals surface area contributed by atoms with Crippen LogP contribution in [0.4, 0.5) is 0 Å². The third-order valence-corrected chi connectivity index (χ3v) is 2.80. The summed E-state index contributed by atoms with van der Waals surface area (Å²) in [6.07, 6.45) is 0. The van der Waals surface area contributed by atoms with E-state index in [2.05, 4.69) is 39.8 Å². The molecule has 0 amide bonds. The predicted molar refractivity (Wildman–Crippen MR) is 71.3 cm³/mol. The fraction of sp³-hybridized carbons (Fsp3) is 0.600. The zero-order valence-corrected chi connectivity index (χ0v) is 11.9. The predicted octanol–water partition coefficient (Wildman–Crippen LogP) is 3.59. The number of rotatable bonds is 4. The Bertz CT molecular complexity index is 348. The molecule has 2 heteroatoms. The topological polar surface area (TPSA) is 18.5 Å². The van der Waals surface area contributed by atoms with E-state index in [-0.39, 0.29) is 5.41 Å². The quantitative estimate of drug-likeness (QED) is 0.795. The fourth-order valence-electron chi connectivity index (χ4n) is 2.44. The van der Waals surface area contributed by atoms with Gasteiger partial charge in [-0.25, -0.2) is 0 Å². The van der Waals surface area contributed by atoms with Crippen LogP contribution in [0.2, 0.25) is 0 Å². The lowest BCUT2D eigenvalue weighted by Crippen LogP contribution is -2.18. The number of hydrogen-bond acceptors (Lipinski definition) is 2. The van der Waals surface area contributed by atoms with Crippen molar-refractivity contribution in [2.24, 2.45) is 0 Å². The smallest absolute Gasteiger partial charge is 0.0716 e. The molecule has 0 aliphatic rings. The van der Waals surface area contributed by atoms with Crippen molar-refractivity contribution in [1.82, 2.24) is 0 Å². The molecule has 2 nitrogen and oxygen atoms in total. The zero-order chi connectivity index (χ0) is 13.1. The summed E-state index contributed by atoms with van der Waals surface area (Å²) in [6, 6.07) is 4.42. The highest BCUT2D eigenvalue weighted by Gasteiger charge is 2.22. The van der Waals surface area contributed by atoms with E-state index in [0.717, 1.165) is 0 Å². The average Bonchev–Trinajstić information content (AvgIpc) is 2.15. The third-order valence-electron chi connectivity index (χ3n) is 2.80. The summed E-state index contributed by atoms with van der Waals surface area (Å²) in [6.45, 7) is 10.1. The van der Waals surface area contributed by atoms with Gasteiger partial charge in [-0.15, -0.1) is 0 Å². The maximum absolute atomic E-state index is 5.31. The molecular weight excluding hydrogens is 212 g/mol. The summed E-state index contributed by atoms with van der Waals surface area (Å²) >= 11 is 0. The van der Waals surface area contributed by atoms with E-state index < -0.39 is 0 Å². The lowest BCUT2D eigenvalue weighted by Gasteiger charge is -2.27. The summed E-state index contributed by atoms with van der Waals surface area (Å²) in [5.41, 5.74) is 5.26. The maximum atomic E-state index is 5.31. The molecular formula is C15H24O2. The fourth-order valence-corrected chi connectivity index (χ4v) is 2.44. The van der Waals surface area contributed by atoms with Crippen LogP contribution in [0.15, 0.2) is 12.1 Å². The van der Waals surface area contributed by atoms with Gasteiger partial charge >= 0.3 is 0 Å². The molecule has 0 fully saturated rings. The summed E-state index contributed by atoms with van der Waals surface area (Å²) in [4.78, 5) is 0. The van der Waals surface area contributed by atoms with Gasteiger partial charge in [-0.2, -0.15) is 0 Å². The normalized spacial score (nSPS) is 11.9. The minimum Gasteiger partial charge on any atom is -0.380 e. The lowest BCUT2D eigenvalue weighted by molar-refractivity contribution is 0.176. The average molecular weight is 236 g/mol. The van der Waals surface area contributed by atoms with E-state index in [1.807, 2.05) is 0 Å². The molecule has 1 aromatic carbocycles. The molecule has 0 atom stereocenters. The highest BCUT2D eigenvalue weighted by Crippen LogP contribution is 2.31. The highest BCUT2D eigenvalue weighted by molar-refractivity contribution is 5.42. The van der Waals surface area contributed by atoms with Gasteiger partial charge in [-0.3, -0.25) is 0 Å². The minimum absolute atomic E-state index is 0.107. The van der Waals surface area contributed by atoms with Crippen LogP contribution in [0.1, 0.15) is 43.0 Å². The van der Waals surface area contributed by atoms with E-state index in [9.17, 15) is 0 Å². The first-order valence-electron chi connectivity index (χ1n) is 6.01. The Labute approximate surface area is 105 Å². The van der Waals surface area contributed by atoms with E-state index in [0.29, 0.717) is 13.2 Å². The molecule has 0 saturated heterocycles. The van der Waals surface area contributed by atoms with E-state index in [1.54, 1.807) is 14.2 Å². The van der Waals surface area contributed by atoms with Gasteiger partial charge in [-0.1, -0.05) is 38.5 Å². The van der Waals surface area contributed by atoms with E-state index in [1.165, 1.54) is 22.3 Å². The number of benzene rings is 1. The number of ether oxygens (including phenoxy) is 2. The van der Waals surface area contributed by atoms with Crippen molar-refractivity contribution in [3.63, 3.8) is 0 Å². The molecule has 0 radical (unpaired) electrons. The van der Waals surface area contributed by atoms with Crippen LogP contribution >= 0.6 is 0 Å². The van der Waals surface area contributed by atoms with E-state index in [4.69, 9.17) is 9.47 Å². The molecule has 0 bridgehead atoms. The molecule has 17 heavy (non-hydrogen) atoms. The van der Waals surface area contributed by atoms with Crippen molar-refractivity contribution in [1.29, 1.82) is 0 Å². The van der Waals surface area contributed by atoms with Gasteiger partial charge < -0.3 is 9.47 Å². The van der Waals surface area contributed by atoms with Gasteiger partial charge in [0.2, 0.25) is 0 Å². The van der Waals surface area contributed by atoms with Crippen LogP contribution in [0.5, 0.6) is 0 Å². The van der Waals surface area contributed by atoms with Crippen molar-refractivity contribution in [2.45, 2.75) is 46.3 Å². The van der Waals surface area contributed by atoms with Crippen LogP contribution in [0, 0.1) is 6.92 Å². The lowest BCUT2D eigenvalue weighted by atomic mass is 9.80. The minimum atomic E-state index is 0.107. The molecule has 0 heterocycles. The Morgan fingerprint density at radius 2 is 1.35 bits per heavy atom. The summed E-state index contributed by atoms with van der Waals surface area (Å²) < 4.78 is 10.6. The molecule has 96 valence electrons. The molecule has 0 saturated carbocycles. The molecule has 0 unspecified atom stereocenters. The molecule has 0 N–H and O–H groups in total. The maximum Gasteiger partial charge on any atom is 0.0716 e. The molecule has 0 aliphatic heterocycles. The highest BCUT2D eigenvalue weighted by atomic mass is 16.5. The van der Waals surface area contributed by atoms with Gasteiger partial charge in [0.1, 0.15) is 0 Å².